The lowest BCUT2D eigenvalue weighted by molar-refractivity contribution is -0.137. The largest absolute Gasteiger partial charge is 0.481 e. The molecule has 1 unspecified atom stereocenters. The number of aliphatic hydroxyl groups excluding tert-OH is 1. The maximum Gasteiger partial charge on any atom is 0.305 e. The average molecular weight is 332 g/mol. The molecule has 128 valence electrons. The van der Waals surface area contributed by atoms with Gasteiger partial charge < -0.3 is 20.4 Å². The molecule has 2 rings (SSSR count). The molecule has 1 aliphatic heterocycles. The number of amides is 1. The highest BCUT2D eigenvalue weighted by atomic mass is 16.4. The van der Waals surface area contributed by atoms with E-state index in [4.69, 9.17) is 10.4 Å². The summed E-state index contributed by atoms with van der Waals surface area (Å²) < 4.78 is 0. The Morgan fingerprint density at radius 2 is 2.00 bits per heavy atom. The molecule has 1 atom stereocenters. The van der Waals surface area contributed by atoms with Crippen LogP contribution in [0.1, 0.15) is 12.0 Å². The third kappa shape index (κ3) is 4.94. The maximum absolute atomic E-state index is 11.8. The molecule has 1 fully saturated rings. The number of β-amino-alcohol motifs (C(OH)–C–C–N with tert-alkyl or cyclic N) is 1. The van der Waals surface area contributed by atoms with E-state index in [1.165, 1.54) is 0 Å². The Kier molecular flexibility index (Phi) is 6.12. The van der Waals surface area contributed by atoms with E-state index in [0.29, 0.717) is 25.2 Å². The van der Waals surface area contributed by atoms with Crippen LogP contribution in [0.5, 0.6) is 0 Å². The molecule has 0 bridgehead atoms. The first-order chi connectivity index (χ1) is 11.5. The van der Waals surface area contributed by atoms with Crippen LogP contribution in [0.3, 0.4) is 0 Å². The van der Waals surface area contributed by atoms with Crippen LogP contribution >= 0.6 is 0 Å². The van der Waals surface area contributed by atoms with Crippen LogP contribution in [0.4, 0.5) is 5.69 Å². The van der Waals surface area contributed by atoms with Crippen molar-refractivity contribution in [2.24, 2.45) is 0 Å². The van der Waals surface area contributed by atoms with E-state index < -0.39 is 12.2 Å². The van der Waals surface area contributed by atoms with E-state index in [-0.39, 0.29) is 25.4 Å². The van der Waals surface area contributed by atoms with Crippen molar-refractivity contribution in [1.29, 1.82) is 5.26 Å². The van der Waals surface area contributed by atoms with Gasteiger partial charge in [0.1, 0.15) is 6.23 Å². The first-order valence-electron chi connectivity index (χ1n) is 7.65. The Morgan fingerprint density at radius 1 is 1.29 bits per heavy atom. The van der Waals surface area contributed by atoms with E-state index in [0.717, 1.165) is 5.69 Å². The van der Waals surface area contributed by atoms with Gasteiger partial charge in [0.2, 0.25) is 5.91 Å². The first kappa shape index (κ1) is 17.7. The summed E-state index contributed by atoms with van der Waals surface area (Å²) in [7, 11) is 0. The molecule has 8 nitrogen and oxygen atoms in total. The molecule has 0 aliphatic carbocycles. The average Bonchev–Trinajstić information content (AvgIpc) is 2.56. The number of carbonyl (C=O) groups excluding carboxylic acids is 1. The van der Waals surface area contributed by atoms with Crippen LogP contribution in [0.2, 0.25) is 0 Å². The van der Waals surface area contributed by atoms with Crippen LogP contribution in [-0.4, -0.2) is 65.9 Å². The van der Waals surface area contributed by atoms with Crippen LogP contribution < -0.4 is 10.2 Å². The Labute approximate surface area is 139 Å². The molecule has 3 N–H and O–H groups in total. The maximum atomic E-state index is 11.8. The first-order valence-corrected chi connectivity index (χ1v) is 7.65. The third-order valence-corrected chi connectivity index (χ3v) is 3.83. The molecule has 1 amide bonds. The SMILES string of the molecule is N#Cc1ccc(N2CCN(CC(=O)NCCC(=O)O)C(O)C2)cc1. The van der Waals surface area contributed by atoms with E-state index in [1.807, 2.05) is 17.0 Å². The third-order valence-electron chi connectivity index (χ3n) is 3.83. The molecule has 8 heteroatoms. The van der Waals surface area contributed by atoms with Crippen LogP contribution in [0.25, 0.3) is 0 Å². The number of carbonyl (C=O) groups is 2. The minimum atomic E-state index is -0.966. The number of hydrogen-bond donors (Lipinski definition) is 3. The predicted molar refractivity (Wildman–Crippen MR) is 86.2 cm³/mol. The number of carboxylic acids is 1. The molecule has 0 radical (unpaired) electrons. The highest BCUT2D eigenvalue weighted by molar-refractivity contribution is 5.78. The number of hydrogen-bond acceptors (Lipinski definition) is 6. The number of benzene rings is 1. The zero-order chi connectivity index (χ0) is 17.5. The van der Waals surface area contributed by atoms with Crippen molar-refractivity contribution in [3.05, 3.63) is 29.8 Å². The van der Waals surface area contributed by atoms with Gasteiger partial charge in [0.15, 0.2) is 0 Å². The quantitative estimate of drug-likeness (QED) is 0.648. The number of carboxylic acid groups (broad SMARTS) is 1. The highest BCUT2D eigenvalue weighted by Crippen LogP contribution is 2.19. The molecule has 1 aromatic rings. The molecular formula is C16H20N4O4. The van der Waals surface area contributed by atoms with Gasteiger partial charge in [0.25, 0.3) is 0 Å². The van der Waals surface area contributed by atoms with E-state index in [2.05, 4.69) is 11.4 Å². The molecule has 0 spiro atoms. The fourth-order valence-electron chi connectivity index (χ4n) is 2.52. The van der Waals surface area contributed by atoms with Gasteiger partial charge in [-0.25, -0.2) is 0 Å². The number of anilines is 1. The van der Waals surface area contributed by atoms with Crippen molar-refractivity contribution in [2.45, 2.75) is 12.6 Å². The summed E-state index contributed by atoms with van der Waals surface area (Å²) in [5.74, 6) is -1.27. The monoisotopic (exact) mass is 332 g/mol. The molecule has 1 aromatic carbocycles. The van der Waals surface area contributed by atoms with Gasteiger partial charge >= 0.3 is 5.97 Å². The van der Waals surface area contributed by atoms with Crippen molar-refractivity contribution in [2.75, 3.05) is 37.6 Å². The molecule has 0 aromatic heterocycles. The topological polar surface area (TPSA) is 117 Å². The Morgan fingerprint density at radius 3 is 2.58 bits per heavy atom. The second-order valence-electron chi connectivity index (χ2n) is 5.55. The summed E-state index contributed by atoms with van der Waals surface area (Å²) in [4.78, 5) is 25.8. The van der Waals surface area contributed by atoms with Crippen LogP contribution in [-0.2, 0) is 9.59 Å². The molecule has 24 heavy (non-hydrogen) atoms. The lowest BCUT2D eigenvalue weighted by Crippen LogP contribution is -2.55. The highest BCUT2D eigenvalue weighted by Gasteiger charge is 2.26. The van der Waals surface area contributed by atoms with Gasteiger partial charge in [-0.3, -0.25) is 14.5 Å². The van der Waals surface area contributed by atoms with Crippen molar-refractivity contribution < 1.29 is 19.8 Å². The Balaban J connectivity index is 1.82. The number of nitrogens with zero attached hydrogens (tertiary/aromatic N) is 3. The summed E-state index contributed by atoms with van der Waals surface area (Å²) in [5, 5.41) is 30.1. The number of aliphatic carboxylic acids is 1. The standard InChI is InChI=1S/C16H20N4O4/c17-9-12-1-3-13(4-2-12)19-7-8-20(15(22)11-19)10-14(21)18-6-5-16(23)24/h1-4,15,22H,5-8,10-11H2,(H,18,21)(H,23,24). The normalized spacial score (nSPS) is 18.0. The van der Waals surface area contributed by atoms with Gasteiger partial charge in [-0.05, 0) is 24.3 Å². The van der Waals surface area contributed by atoms with Crippen LogP contribution in [0.15, 0.2) is 24.3 Å². The summed E-state index contributed by atoms with van der Waals surface area (Å²) in [6.07, 6.45) is -0.916. The lowest BCUT2D eigenvalue weighted by atomic mass is 10.2. The minimum Gasteiger partial charge on any atom is -0.481 e. The summed E-state index contributed by atoms with van der Waals surface area (Å²) >= 11 is 0. The molecule has 1 aliphatic rings. The van der Waals surface area contributed by atoms with Crippen LogP contribution in [0, 0.1) is 11.3 Å². The number of aliphatic hydroxyl groups is 1. The molecule has 1 saturated heterocycles. The van der Waals surface area contributed by atoms with Crippen molar-refractivity contribution in [3.8, 4) is 6.07 Å². The van der Waals surface area contributed by atoms with Gasteiger partial charge in [-0.1, -0.05) is 0 Å². The fraction of sp³-hybridized carbons (Fsp3) is 0.438. The van der Waals surface area contributed by atoms with E-state index >= 15 is 0 Å². The van der Waals surface area contributed by atoms with Gasteiger partial charge in [0, 0.05) is 25.3 Å². The van der Waals surface area contributed by atoms with Crippen molar-refractivity contribution in [3.63, 3.8) is 0 Å². The molecule has 0 saturated carbocycles. The minimum absolute atomic E-state index is 0.0298. The summed E-state index contributed by atoms with van der Waals surface area (Å²) in [6.45, 7) is 1.62. The van der Waals surface area contributed by atoms with Crippen molar-refractivity contribution >= 4 is 17.6 Å². The summed E-state index contributed by atoms with van der Waals surface area (Å²) in [5.41, 5.74) is 1.49. The zero-order valence-electron chi connectivity index (χ0n) is 13.2. The lowest BCUT2D eigenvalue weighted by Gasteiger charge is -2.39. The molecular weight excluding hydrogens is 312 g/mol. The summed E-state index contributed by atoms with van der Waals surface area (Å²) in [6, 6.07) is 9.18. The van der Waals surface area contributed by atoms with Gasteiger partial charge in [-0.2, -0.15) is 5.26 Å². The second kappa shape index (κ2) is 8.29. The number of nitrogens with one attached hydrogen (secondary N) is 1. The van der Waals surface area contributed by atoms with E-state index in [1.54, 1.807) is 17.0 Å². The smallest absolute Gasteiger partial charge is 0.305 e. The Hall–Kier alpha value is -2.63. The fourth-order valence-corrected chi connectivity index (χ4v) is 2.52. The number of rotatable bonds is 6. The second-order valence-corrected chi connectivity index (χ2v) is 5.55. The van der Waals surface area contributed by atoms with Crippen molar-refractivity contribution in [1.82, 2.24) is 10.2 Å². The van der Waals surface area contributed by atoms with E-state index in [9.17, 15) is 14.7 Å². The predicted octanol–water partition coefficient (Wildman–Crippen LogP) is -0.410. The molecule has 1 heterocycles. The Bertz CT molecular complexity index is 626. The van der Waals surface area contributed by atoms with Gasteiger partial charge in [-0.15, -0.1) is 0 Å². The number of nitriles is 1. The number of piperazine rings is 1. The zero-order valence-corrected chi connectivity index (χ0v) is 13.2. The van der Waals surface area contributed by atoms with Gasteiger partial charge in [0.05, 0.1) is 31.1 Å².